The van der Waals surface area contributed by atoms with Gasteiger partial charge in [0, 0.05) is 17.7 Å². The van der Waals surface area contributed by atoms with Crippen LogP contribution in [0.3, 0.4) is 0 Å². The normalized spacial score (nSPS) is 11.2. The lowest BCUT2D eigenvalue weighted by atomic mass is 10.2. The van der Waals surface area contributed by atoms with Crippen LogP contribution in [0.25, 0.3) is 0 Å². The van der Waals surface area contributed by atoms with E-state index >= 15 is 0 Å². The lowest BCUT2D eigenvalue weighted by molar-refractivity contribution is -0.922. The molecule has 0 aliphatic rings. The molecule has 1 aromatic carbocycles. The first-order valence-corrected chi connectivity index (χ1v) is 7.37. The Bertz CT molecular complexity index is 473. The van der Waals surface area contributed by atoms with Crippen molar-refractivity contribution in [3.05, 3.63) is 34.7 Å². The van der Waals surface area contributed by atoms with Crippen molar-refractivity contribution in [2.75, 3.05) is 32.7 Å². The fraction of sp³-hybridized carbons (Fsp3) is 0.533. The average molecular weight is 295 g/mol. The number of carbonyl (C=O) groups is 1. The number of rotatable bonds is 8. The molecule has 6 nitrogen and oxygen atoms in total. The lowest BCUT2D eigenvalue weighted by Gasteiger charge is -2.35. The number of carbonyl (C=O) groups excluding carboxylic acids is 1. The first-order valence-electron chi connectivity index (χ1n) is 7.37. The summed E-state index contributed by atoms with van der Waals surface area (Å²) >= 11 is 0. The Hall–Kier alpha value is -1.95. The SMILES string of the molecule is CC[N+](CC)(CC)CCNC(=O)c1ccc([N+](=O)O)cc1. The summed E-state index contributed by atoms with van der Waals surface area (Å²) in [6.45, 7) is 11.2. The molecule has 1 amide bonds. The molecule has 6 heteroatoms. The number of amides is 1. The number of benzene rings is 1. The van der Waals surface area contributed by atoms with Crippen molar-refractivity contribution in [3.8, 4) is 0 Å². The smallest absolute Gasteiger partial charge is 0.316 e. The molecule has 0 saturated carbocycles. The van der Waals surface area contributed by atoms with Gasteiger partial charge in [-0.3, -0.25) is 4.79 Å². The highest BCUT2D eigenvalue weighted by Crippen LogP contribution is 2.11. The largest absolute Gasteiger partial charge is 0.346 e. The Morgan fingerprint density at radius 1 is 1.14 bits per heavy atom. The minimum absolute atomic E-state index is 0.102. The zero-order chi connectivity index (χ0) is 15.9. The van der Waals surface area contributed by atoms with Crippen LogP contribution in [0.4, 0.5) is 5.69 Å². The molecule has 1 aromatic rings. The molecule has 2 N–H and O–H groups in total. The van der Waals surface area contributed by atoms with Gasteiger partial charge in [-0.15, -0.1) is 0 Å². The molecule has 0 radical (unpaired) electrons. The van der Waals surface area contributed by atoms with E-state index in [1.807, 2.05) is 0 Å². The van der Waals surface area contributed by atoms with Crippen molar-refractivity contribution in [1.29, 1.82) is 0 Å². The molecular formula is C15H25N3O3+2. The Morgan fingerprint density at radius 2 is 1.67 bits per heavy atom. The second-order valence-corrected chi connectivity index (χ2v) is 5.09. The van der Waals surface area contributed by atoms with Gasteiger partial charge >= 0.3 is 5.69 Å². The maximum Gasteiger partial charge on any atom is 0.316 e. The second kappa shape index (κ2) is 7.73. The summed E-state index contributed by atoms with van der Waals surface area (Å²) in [6, 6.07) is 5.86. The Kier molecular flexibility index (Phi) is 6.30. The third-order valence-corrected chi connectivity index (χ3v) is 4.23. The fourth-order valence-electron chi connectivity index (χ4n) is 2.39. The van der Waals surface area contributed by atoms with E-state index in [0.717, 1.165) is 30.7 Å². The Labute approximate surface area is 125 Å². The summed E-state index contributed by atoms with van der Waals surface area (Å²) in [5, 5.41) is 11.6. The van der Waals surface area contributed by atoms with E-state index in [1.54, 1.807) is 0 Å². The van der Waals surface area contributed by atoms with Gasteiger partial charge in [-0.25, -0.2) is 5.21 Å². The molecule has 0 saturated heterocycles. The van der Waals surface area contributed by atoms with Gasteiger partial charge in [-0.1, -0.05) is 0 Å². The first kappa shape index (κ1) is 17.1. The highest BCUT2D eigenvalue weighted by atomic mass is 16.6. The van der Waals surface area contributed by atoms with E-state index in [2.05, 4.69) is 26.1 Å². The number of nitrogens with zero attached hydrogens (tertiary/aromatic N) is 2. The van der Waals surface area contributed by atoms with Crippen LogP contribution in [0, 0.1) is 4.91 Å². The van der Waals surface area contributed by atoms with Crippen LogP contribution in [0.1, 0.15) is 31.1 Å². The molecule has 0 aromatic heterocycles. The van der Waals surface area contributed by atoms with Gasteiger partial charge in [0.2, 0.25) is 0 Å². The van der Waals surface area contributed by atoms with E-state index in [9.17, 15) is 9.70 Å². The maximum absolute atomic E-state index is 12.0. The van der Waals surface area contributed by atoms with Crippen LogP contribution in [0.2, 0.25) is 0 Å². The number of hydrogen-bond acceptors (Lipinski definition) is 2. The Morgan fingerprint density at radius 3 is 2.10 bits per heavy atom. The van der Waals surface area contributed by atoms with Crippen LogP contribution in [0.15, 0.2) is 24.3 Å². The van der Waals surface area contributed by atoms with E-state index in [4.69, 9.17) is 5.21 Å². The maximum atomic E-state index is 12.0. The topological polar surface area (TPSA) is 69.4 Å². The van der Waals surface area contributed by atoms with Crippen LogP contribution < -0.4 is 5.32 Å². The minimum atomic E-state index is -0.225. The number of likely N-dealkylation sites (N-methyl/N-ethyl adjacent to an activating group) is 1. The van der Waals surface area contributed by atoms with Gasteiger partial charge in [0.1, 0.15) is 0 Å². The van der Waals surface area contributed by atoms with Crippen LogP contribution >= 0.6 is 0 Å². The monoisotopic (exact) mass is 295 g/mol. The average Bonchev–Trinajstić information content (AvgIpc) is 2.52. The fourth-order valence-corrected chi connectivity index (χ4v) is 2.39. The Balaban J connectivity index is 2.56. The standard InChI is InChI=1S/C15H24N3O3/c1-4-18(5-2,6-3)12-11-16-15(19)13-7-9-14(10-8-13)17(20)21/h7-10H,4-6,11-12H2,1-3H3,(H-,16,19,20,21)/q+1/p+1. The van der Waals surface area contributed by atoms with Gasteiger partial charge in [0.25, 0.3) is 10.8 Å². The van der Waals surface area contributed by atoms with Gasteiger partial charge < -0.3 is 9.80 Å². The second-order valence-electron chi connectivity index (χ2n) is 5.09. The van der Waals surface area contributed by atoms with Gasteiger partial charge in [-0.2, -0.15) is 0 Å². The number of hydrogen-bond donors (Lipinski definition) is 2. The molecule has 0 heterocycles. The molecule has 116 valence electrons. The van der Waals surface area contributed by atoms with Crippen molar-refractivity contribution in [3.63, 3.8) is 0 Å². The summed E-state index contributed by atoms with van der Waals surface area (Å²) in [4.78, 5) is 22.5. The molecule has 0 fully saturated rings. The molecule has 0 atom stereocenters. The van der Waals surface area contributed by atoms with Crippen molar-refractivity contribution in [2.24, 2.45) is 0 Å². The summed E-state index contributed by atoms with van der Waals surface area (Å²) < 4.78 is 0.981. The van der Waals surface area contributed by atoms with E-state index in [1.165, 1.54) is 24.3 Å². The quantitative estimate of drug-likeness (QED) is 0.570. The van der Waals surface area contributed by atoms with Crippen LogP contribution in [-0.2, 0) is 0 Å². The third-order valence-electron chi connectivity index (χ3n) is 4.23. The molecule has 21 heavy (non-hydrogen) atoms. The predicted octanol–water partition coefficient (Wildman–Crippen LogP) is 2.09. The molecular weight excluding hydrogens is 270 g/mol. The lowest BCUT2D eigenvalue weighted by Crippen LogP contribution is -2.51. The zero-order valence-corrected chi connectivity index (χ0v) is 13.0. The van der Waals surface area contributed by atoms with Crippen LogP contribution in [-0.4, -0.2) is 53.2 Å². The molecule has 0 aliphatic heterocycles. The van der Waals surface area contributed by atoms with Crippen molar-refractivity contribution in [1.82, 2.24) is 5.32 Å². The predicted molar refractivity (Wildman–Crippen MR) is 80.6 cm³/mol. The van der Waals surface area contributed by atoms with Gasteiger partial charge in [0.15, 0.2) is 0 Å². The molecule has 0 aliphatic carbocycles. The van der Waals surface area contributed by atoms with Crippen molar-refractivity contribution < 1.29 is 19.4 Å². The summed E-state index contributed by atoms with van der Waals surface area (Å²) in [6.07, 6.45) is 0. The summed E-state index contributed by atoms with van der Waals surface area (Å²) in [7, 11) is 0. The minimum Gasteiger partial charge on any atom is -0.346 e. The number of nitrogens with one attached hydrogen (secondary N) is 1. The van der Waals surface area contributed by atoms with Crippen LogP contribution in [0.5, 0.6) is 0 Å². The van der Waals surface area contributed by atoms with Crippen molar-refractivity contribution >= 4 is 11.6 Å². The highest BCUT2D eigenvalue weighted by molar-refractivity contribution is 5.94. The third kappa shape index (κ3) is 4.53. The highest BCUT2D eigenvalue weighted by Gasteiger charge is 2.20. The first-order chi connectivity index (χ1) is 9.98. The molecule has 0 spiro atoms. The summed E-state index contributed by atoms with van der Waals surface area (Å²) in [5.41, 5.74) is 0.577. The molecule has 0 bridgehead atoms. The van der Waals surface area contributed by atoms with E-state index < -0.39 is 0 Å². The van der Waals surface area contributed by atoms with Gasteiger partial charge in [-0.05, 0) is 32.9 Å². The van der Waals surface area contributed by atoms with Crippen molar-refractivity contribution in [2.45, 2.75) is 20.8 Å². The summed E-state index contributed by atoms with van der Waals surface area (Å²) in [5.74, 6) is -0.168. The van der Waals surface area contributed by atoms with Gasteiger partial charge in [0.05, 0.1) is 37.6 Å². The molecule has 0 unspecified atom stereocenters. The van der Waals surface area contributed by atoms with E-state index in [-0.39, 0.29) is 16.5 Å². The number of quaternary nitrogens is 1. The molecule has 1 rings (SSSR count). The zero-order valence-electron chi connectivity index (χ0n) is 13.0. The van der Waals surface area contributed by atoms with E-state index in [0.29, 0.717) is 12.1 Å².